The second-order valence-electron chi connectivity index (χ2n) is 4.40. The first kappa shape index (κ1) is 12.1. The second-order valence-corrected chi connectivity index (χ2v) is 4.40. The topological polar surface area (TPSA) is 44.8 Å². The number of hydrogen-bond acceptors (Lipinski definition) is 4. The molecule has 0 amide bonds. The van der Waals surface area contributed by atoms with Gasteiger partial charge in [0.1, 0.15) is 24.6 Å². The summed E-state index contributed by atoms with van der Waals surface area (Å²) in [6.45, 7) is 3.87. The van der Waals surface area contributed by atoms with E-state index < -0.39 is 11.9 Å². The van der Waals surface area contributed by atoms with Crippen LogP contribution in [0.4, 0.5) is 0 Å². The Bertz CT molecular complexity index is 374. The van der Waals surface area contributed by atoms with Crippen LogP contribution in [0.5, 0.6) is 5.75 Å². The number of aldehydes is 1. The first-order valence-electron chi connectivity index (χ1n) is 5.59. The van der Waals surface area contributed by atoms with Crippen molar-refractivity contribution in [3.63, 3.8) is 0 Å². The minimum Gasteiger partial charge on any atom is -0.491 e. The molecule has 2 rings (SSSR count). The fourth-order valence-corrected chi connectivity index (χ4v) is 1.80. The molecule has 1 aliphatic heterocycles. The molecule has 17 heavy (non-hydrogen) atoms. The van der Waals surface area contributed by atoms with Gasteiger partial charge in [-0.3, -0.25) is 0 Å². The average molecular weight is 236 g/mol. The molecule has 0 bridgehead atoms. The molecule has 1 heterocycles. The summed E-state index contributed by atoms with van der Waals surface area (Å²) in [6.07, 6.45) is -0.162. The van der Waals surface area contributed by atoms with Crippen LogP contribution in [0.15, 0.2) is 30.3 Å². The maximum absolute atomic E-state index is 10.9. The van der Waals surface area contributed by atoms with E-state index in [0.717, 1.165) is 12.0 Å². The van der Waals surface area contributed by atoms with Crippen molar-refractivity contribution in [3.05, 3.63) is 30.3 Å². The Balaban J connectivity index is 1.93. The molecule has 0 N–H and O–H groups in total. The number of para-hydroxylation sites is 1. The van der Waals surface area contributed by atoms with Gasteiger partial charge in [0.05, 0.1) is 0 Å². The number of benzene rings is 1. The lowest BCUT2D eigenvalue weighted by atomic mass is 10.2. The fraction of sp³-hybridized carbons (Fsp3) is 0.462. The molecule has 2 atom stereocenters. The molecule has 1 aromatic carbocycles. The van der Waals surface area contributed by atoms with Crippen LogP contribution in [0.1, 0.15) is 13.8 Å². The molecule has 1 aliphatic rings. The van der Waals surface area contributed by atoms with E-state index in [1.54, 1.807) is 13.8 Å². The third kappa shape index (κ3) is 3.05. The average Bonchev–Trinajstić information content (AvgIpc) is 2.63. The summed E-state index contributed by atoms with van der Waals surface area (Å²) in [7, 11) is 0. The lowest BCUT2D eigenvalue weighted by molar-refractivity contribution is -0.151. The second kappa shape index (κ2) is 4.85. The summed E-state index contributed by atoms with van der Waals surface area (Å²) < 4.78 is 16.6. The van der Waals surface area contributed by atoms with Crippen LogP contribution >= 0.6 is 0 Å². The Morgan fingerprint density at radius 2 is 2.00 bits per heavy atom. The van der Waals surface area contributed by atoms with Gasteiger partial charge in [0.2, 0.25) is 0 Å². The molecule has 1 aromatic rings. The van der Waals surface area contributed by atoms with Gasteiger partial charge in [-0.2, -0.15) is 0 Å². The van der Waals surface area contributed by atoms with E-state index in [2.05, 4.69) is 0 Å². The van der Waals surface area contributed by atoms with E-state index in [1.807, 2.05) is 30.3 Å². The van der Waals surface area contributed by atoms with Gasteiger partial charge in [-0.15, -0.1) is 0 Å². The van der Waals surface area contributed by atoms with Gasteiger partial charge in [0.15, 0.2) is 12.1 Å². The quantitative estimate of drug-likeness (QED) is 0.747. The Morgan fingerprint density at radius 1 is 1.29 bits per heavy atom. The normalized spacial score (nSPS) is 26.7. The SMILES string of the molecule is CC1(C)OC(C=O)C(COc2ccccc2)O1. The molecule has 4 heteroatoms. The molecule has 2 unspecified atom stereocenters. The van der Waals surface area contributed by atoms with Crippen molar-refractivity contribution in [2.45, 2.75) is 31.8 Å². The van der Waals surface area contributed by atoms with E-state index in [0.29, 0.717) is 6.61 Å². The summed E-state index contributed by atoms with van der Waals surface area (Å²) >= 11 is 0. The molecule has 1 fully saturated rings. The molecule has 0 saturated carbocycles. The number of carbonyl (C=O) groups excluding carboxylic acids is 1. The third-order valence-corrected chi connectivity index (χ3v) is 2.51. The highest BCUT2D eigenvalue weighted by molar-refractivity contribution is 5.57. The van der Waals surface area contributed by atoms with Gasteiger partial charge < -0.3 is 19.0 Å². The van der Waals surface area contributed by atoms with Crippen LogP contribution in [0.25, 0.3) is 0 Å². The number of ether oxygens (including phenoxy) is 3. The van der Waals surface area contributed by atoms with Crippen molar-refractivity contribution in [3.8, 4) is 5.75 Å². The summed E-state index contributed by atoms with van der Waals surface area (Å²) in [5.41, 5.74) is 0. The molecular weight excluding hydrogens is 220 g/mol. The zero-order valence-corrected chi connectivity index (χ0v) is 9.96. The van der Waals surface area contributed by atoms with Crippen LogP contribution in [0.2, 0.25) is 0 Å². The van der Waals surface area contributed by atoms with Crippen LogP contribution in [0.3, 0.4) is 0 Å². The van der Waals surface area contributed by atoms with Crippen molar-refractivity contribution in [2.24, 2.45) is 0 Å². The maximum atomic E-state index is 10.9. The molecular formula is C13H16O4. The van der Waals surface area contributed by atoms with Gasteiger partial charge in [0.25, 0.3) is 0 Å². The number of rotatable bonds is 4. The van der Waals surface area contributed by atoms with Crippen LogP contribution < -0.4 is 4.74 Å². The lowest BCUT2D eigenvalue weighted by Crippen LogP contribution is -2.30. The summed E-state index contributed by atoms with van der Waals surface area (Å²) in [5.74, 6) is 0.0291. The van der Waals surface area contributed by atoms with Crippen molar-refractivity contribution >= 4 is 6.29 Å². The van der Waals surface area contributed by atoms with Crippen LogP contribution in [-0.2, 0) is 14.3 Å². The minimum atomic E-state index is -0.726. The molecule has 0 aliphatic carbocycles. The maximum Gasteiger partial charge on any atom is 0.164 e. The van der Waals surface area contributed by atoms with Gasteiger partial charge in [-0.25, -0.2) is 0 Å². The van der Waals surface area contributed by atoms with Crippen LogP contribution in [0, 0.1) is 0 Å². The van der Waals surface area contributed by atoms with Gasteiger partial charge >= 0.3 is 0 Å². The van der Waals surface area contributed by atoms with Gasteiger partial charge in [0, 0.05) is 0 Å². The zero-order valence-electron chi connectivity index (χ0n) is 9.96. The molecule has 0 spiro atoms. The van der Waals surface area contributed by atoms with Crippen molar-refractivity contribution in [1.82, 2.24) is 0 Å². The minimum absolute atomic E-state index is 0.302. The molecule has 1 saturated heterocycles. The Labute approximate surface area is 100 Å². The van der Waals surface area contributed by atoms with Crippen molar-refractivity contribution in [1.29, 1.82) is 0 Å². The highest BCUT2D eigenvalue weighted by Gasteiger charge is 2.41. The predicted octanol–water partition coefficient (Wildman–Crippen LogP) is 1.78. The Kier molecular flexibility index (Phi) is 3.45. The number of carbonyl (C=O) groups is 1. The van der Waals surface area contributed by atoms with Gasteiger partial charge in [-0.1, -0.05) is 18.2 Å². The summed E-state index contributed by atoms with van der Waals surface area (Å²) in [4.78, 5) is 10.9. The van der Waals surface area contributed by atoms with E-state index in [4.69, 9.17) is 14.2 Å². The van der Waals surface area contributed by atoms with E-state index in [1.165, 1.54) is 0 Å². The lowest BCUT2D eigenvalue weighted by Gasteiger charge is -2.17. The third-order valence-electron chi connectivity index (χ3n) is 2.51. The summed E-state index contributed by atoms with van der Waals surface area (Å²) in [6, 6.07) is 9.41. The Hall–Kier alpha value is -1.39. The molecule has 0 aromatic heterocycles. The first-order valence-corrected chi connectivity index (χ1v) is 5.59. The first-order chi connectivity index (χ1) is 8.11. The zero-order chi connectivity index (χ0) is 12.3. The molecule has 0 radical (unpaired) electrons. The monoisotopic (exact) mass is 236 g/mol. The highest BCUT2D eigenvalue weighted by atomic mass is 16.8. The predicted molar refractivity (Wildman–Crippen MR) is 61.8 cm³/mol. The largest absolute Gasteiger partial charge is 0.491 e. The Morgan fingerprint density at radius 3 is 2.65 bits per heavy atom. The van der Waals surface area contributed by atoms with Crippen LogP contribution in [-0.4, -0.2) is 30.9 Å². The van der Waals surface area contributed by atoms with E-state index in [-0.39, 0.29) is 6.10 Å². The van der Waals surface area contributed by atoms with Crippen molar-refractivity contribution < 1.29 is 19.0 Å². The number of hydrogen-bond donors (Lipinski definition) is 0. The smallest absolute Gasteiger partial charge is 0.164 e. The standard InChI is InChI=1S/C13H16O4/c1-13(2)16-11(8-14)12(17-13)9-15-10-6-4-3-5-7-10/h3-8,11-12H,9H2,1-2H3. The summed E-state index contributed by atoms with van der Waals surface area (Å²) in [5, 5.41) is 0. The van der Waals surface area contributed by atoms with Gasteiger partial charge in [-0.05, 0) is 26.0 Å². The molecule has 92 valence electrons. The molecule has 4 nitrogen and oxygen atoms in total. The fourth-order valence-electron chi connectivity index (χ4n) is 1.80. The van der Waals surface area contributed by atoms with E-state index in [9.17, 15) is 4.79 Å². The highest BCUT2D eigenvalue weighted by Crippen LogP contribution is 2.27. The van der Waals surface area contributed by atoms with E-state index >= 15 is 0 Å². The van der Waals surface area contributed by atoms with Crippen molar-refractivity contribution in [2.75, 3.05) is 6.61 Å².